The van der Waals surface area contributed by atoms with E-state index in [0.717, 1.165) is 55.8 Å². The molecular formula is C27H29F3N6O3. The summed E-state index contributed by atoms with van der Waals surface area (Å²) in [4.78, 5) is 31.9. The molecule has 0 unspecified atom stereocenters. The van der Waals surface area contributed by atoms with Crippen molar-refractivity contribution in [3.8, 4) is 0 Å². The van der Waals surface area contributed by atoms with E-state index in [4.69, 9.17) is 9.72 Å². The Kier molecular flexibility index (Phi) is 6.34. The number of ether oxygens (including phenoxy) is 1. The Morgan fingerprint density at radius 3 is 2.64 bits per heavy atom. The molecule has 12 heteroatoms. The van der Waals surface area contributed by atoms with Gasteiger partial charge in [0.25, 0.3) is 5.56 Å². The molecule has 1 fully saturated rings. The molecule has 0 bridgehead atoms. The normalized spacial score (nSPS) is 20.7. The van der Waals surface area contributed by atoms with E-state index < -0.39 is 17.6 Å². The molecule has 0 saturated carbocycles. The van der Waals surface area contributed by atoms with Crippen LogP contribution in [0.1, 0.15) is 61.2 Å². The third kappa shape index (κ3) is 4.55. The van der Waals surface area contributed by atoms with Crippen LogP contribution >= 0.6 is 0 Å². The smallest absolute Gasteiger partial charge is 0.377 e. The fourth-order valence-electron chi connectivity index (χ4n) is 6.34. The van der Waals surface area contributed by atoms with Gasteiger partial charge in [-0.1, -0.05) is 13.0 Å². The van der Waals surface area contributed by atoms with Gasteiger partial charge in [0.1, 0.15) is 6.54 Å². The number of anilines is 1. The predicted octanol–water partition coefficient (Wildman–Crippen LogP) is 3.48. The third-order valence-electron chi connectivity index (χ3n) is 8.09. The molecular weight excluding hydrogens is 513 g/mol. The number of amides is 1. The van der Waals surface area contributed by atoms with Crippen molar-refractivity contribution in [1.29, 1.82) is 0 Å². The quantitative estimate of drug-likeness (QED) is 0.524. The average molecular weight is 543 g/mol. The number of nitrogens with one attached hydrogen (secondary N) is 2. The molecule has 1 aromatic carbocycles. The summed E-state index contributed by atoms with van der Waals surface area (Å²) in [6, 6.07) is 4.32. The Morgan fingerprint density at radius 2 is 1.97 bits per heavy atom. The summed E-state index contributed by atoms with van der Waals surface area (Å²) < 4.78 is 47.4. The Labute approximate surface area is 222 Å². The van der Waals surface area contributed by atoms with Gasteiger partial charge in [0.15, 0.2) is 5.82 Å². The van der Waals surface area contributed by atoms with Crippen molar-refractivity contribution in [1.82, 2.24) is 24.5 Å². The summed E-state index contributed by atoms with van der Waals surface area (Å²) in [6.45, 7) is 4.47. The minimum absolute atomic E-state index is 0.0112. The summed E-state index contributed by atoms with van der Waals surface area (Å²) in [6.07, 6.45) is 0.471. The number of aromatic nitrogens is 4. The van der Waals surface area contributed by atoms with Gasteiger partial charge >= 0.3 is 6.18 Å². The van der Waals surface area contributed by atoms with E-state index in [0.29, 0.717) is 31.0 Å². The number of carbonyl (C=O) groups is 1. The van der Waals surface area contributed by atoms with Gasteiger partial charge in [-0.15, -0.1) is 5.10 Å². The highest BCUT2D eigenvalue weighted by atomic mass is 19.4. The Bertz CT molecular complexity index is 1520. The Morgan fingerprint density at radius 1 is 1.23 bits per heavy atom. The van der Waals surface area contributed by atoms with Gasteiger partial charge in [-0.25, -0.2) is 0 Å². The molecule has 0 radical (unpaired) electrons. The fourth-order valence-corrected chi connectivity index (χ4v) is 6.34. The largest absolute Gasteiger partial charge is 0.416 e. The van der Waals surface area contributed by atoms with E-state index in [1.54, 1.807) is 4.57 Å². The number of hydrogen-bond acceptors (Lipinski definition) is 6. The number of rotatable bonds is 4. The standard InChI is InChI=1S/C27H29F3N6O3/c1-16-14-26(8-10-31-11-9-26)21-22(16)35(15-20(37)32-19-4-2-18(3-5-19)27(28,29)30)25-33-23(34-36(25)24(21)38)17-6-12-39-13-7-17/h2-6,16,31H,7-15H2,1H3,(H,32,37)/t16-/m1/s1. The molecule has 3 aromatic rings. The number of alkyl halides is 3. The molecule has 1 saturated heterocycles. The second-order valence-corrected chi connectivity index (χ2v) is 10.6. The van der Waals surface area contributed by atoms with E-state index in [2.05, 4.69) is 22.7 Å². The first-order valence-corrected chi connectivity index (χ1v) is 13.2. The number of carbonyl (C=O) groups excluding carboxylic acids is 1. The molecule has 3 aliphatic rings. The number of hydrogen-bond donors (Lipinski definition) is 2. The first-order chi connectivity index (χ1) is 18.7. The molecule has 1 amide bonds. The molecule has 4 heterocycles. The van der Waals surface area contributed by atoms with Crippen molar-refractivity contribution in [3.63, 3.8) is 0 Å². The molecule has 206 valence electrons. The summed E-state index contributed by atoms with van der Waals surface area (Å²) >= 11 is 0. The number of piperidine rings is 1. The van der Waals surface area contributed by atoms with Crippen molar-refractivity contribution in [3.05, 3.63) is 63.3 Å². The van der Waals surface area contributed by atoms with Crippen LogP contribution in [0.4, 0.5) is 18.9 Å². The van der Waals surface area contributed by atoms with Crippen molar-refractivity contribution in [2.24, 2.45) is 0 Å². The minimum Gasteiger partial charge on any atom is -0.377 e. The van der Waals surface area contributed by atoms with E-state index in [-0.39, 0.29) is 34.9 Å². The van der Waals surface area contributed by atoms with Crippen LogP contribution in [0.15, 0.2) is 35.1 Å². The number of benzene rings is 1. The molecule has 2 aromatic heterocycles. The Hall–Kier alpha value is -3.51. The van der Waals surface area contributed by atoms with E-state index in [1.807, 2.05) is 6.08 Å². The molecule has 2 aliphatic heterocycles. The maximum atomic E-state index is 14.0. The van der Waals surface area contributed by atoms with Gasteiger partial charge in [0.2, 0.25) is 11.7 Å². The van der Waals surface area contributed by atoms with Crippen LogP contribution in [-0.4, -0.2) is 51.4 Å². The first-order valence-electron chi connectivity index (χ1n) is 13.2. The van der Waals surface area contributed by atoms with Gasteiger partial charge < -0.3 is 19.9 Å². The van der Waals surface area contributed by atoms with Crippen molar-refractivity contribution in [2.45, 2.75) is 56.7 Å². The van der Waals surface area contributed by atoms with E-state index >= 15 is 0 Å². The highest BCUT2D eigenvalue weighted by Crippen LogP contribution is 2.49. The molecule has 9 nitrogen and oxygen atoms in total. The lowest BCUT2D eigenvalue weighted by Gasteiger charge is -2.34. The average Bonchev–Trinajstić information content (AvgIpc) is 3.48. The van der Waals surface area contributed by atoms with Crippen LogP contribution < -0.4 is 16.2 Å². The maximum Gasteiger partial charge on any atom is 0.416 e. The summed E-state index contributed by atoms with van der Waals surface area (Å²) in [7, 11) is 0. The van der Waals surface area contributed by atoms with Crippen LogP contribution in [0.2, 0.25) is 0 Å². The number of halogens is 3. The summed E-state index contributed by atoms with van der Waals surface area (Å²) in [5.74, 6) is 0.289. The molecule has 2 N–H and O–H groups in total. The highest BCUT2D eigenvalue weighted by molar-refractivity contribution is 5.91. The molecule has 39 heavy (non-hydrogen) atoms. The number of nitrogens with zero attached hydrogens (tertiary/aromatic N) is 4. The van der Waals surface area contributed by atoms with E-state index in [1.165, 1.54) is 16.6 Å². The van der Waals surface area contributed by atoms with Crippen molar-refractivity contribution >= 4 is 22.9 Å². The van der Waals surface area contributed by atoms with Gasteiger partial charge in [0, 0.05) is 22.4 Å². The molecule has 1 atom stereocenters. The molecule has 1 aliphatic carbocycles. The van der Waals surface area contributed by atoms with E-state index in [9.17, 15) is 22.8 Å². The lowest BCUT2D eigenvalue weighted by atomic mass is 9.74. The van der Waals surface area contributed by atoms with Gasteiger partial charge in [0.05, 0.1) is 18.8 Å². The summed E-state index contributed by atoms with van der Waals surface area (Å²) in [5.41, 5.74) is 1.33. The van der Waals surface area contributed by atoms with Crippen LogP contribution in [0.5, 0.6) is 0 Å². The monoisotopic (exact) mass is 542 g/mol. The fraction of sp³-hybridized carbons (Fsp3) is 0.481. The topological polar surface area (TPSA) is 103 Å². The minimum atomic E-state index is -4.46. The maximum absolute atomic E-state index is 14.0. The zero-order chi connectivity index (χ0) is 27.4. The second-order valence-electron chi connectivity index (χ2n) is 10.6. The van der Waals surface area contributed by atoms with Crippen LogP contribution in [0.3, 0.4) is 0 Å². The lowest BCUT2D eigenvalue weighted by molar-refractivity contribution is -0.137. The summed E-state index contributed by atoms with van der Waals surface area (Å²) in [5, 5.41) is 10.7. The number of fused-ring (bicyclic) bond motifs is 3. The Balaban J connectivity index is 1.43. The zero-order valence-electron chi connectivity index (χ0n) is 21.5. The zero-order valence-corrected chi connectivity index (χ0v) is 21.5. The van der Waals surface area contributed by atoms with Gasteiger partial charge in [-0.3, -0.25) is 9.59 Å². The third-order valence-corrected chi connectivity index (χ3v) is 8.09. The SMILES string of the molecule is C[C@@H]1CC2(CCNCC2)c2c1n(CC(=O)Nc1ccc(C(F)(F)F)cc1)c1nc(C3=CCOCC3)nn1c2=O. The van der Waals surface area contributed by atoms with Crippen LogP contribution in [0.25, 0.3) is 11.4 Å². The van der Waals surface area contributed by atoms with Gasteiger partial charge in [-0.2, -0.15) is 22.7 Å². The van der Waals surface area contributed by atoms with Crippen LogP contribution in [0, 0.1) is 0 Å². The van der Waals surface area contributed by atoms with Crippen molar-refractivity contribution in [2.75, 3.05) is 31.6 Å². The molecule has 1 spiro atoms. The van der Waals surface area contributed by atoms with Gasteiger partial charge in [-0.05, 0) is 74.5 Å². The van der Waals surface area contributed by atoms with Crippen molar-refractivity contribution < 1.29 is 22.7 Å². The van der Waals surface area contributed by atoms with Crippen LogP contribution in [-0.2, 0) is 27.7 Å². The second kappa shape index (κ2) is 9.60. The highest BCUT2D eigenvalue weighted by Gasteiger charge is 2.47. The first kappa shape index (κ1) is 25.8. The predicted molar refractivity (Wildman–Crippen MR) is 138 cm³/mol. The lowest BCUT2D eigenvalue weighted by Crippen LogP contribution is -2.42. The molecule has 6 rings (SSSR count).